The first-order valence-electron chi connectivity index (χ1n) is 5.24. The lowest BCUT2D eigenvalue weighted by molar-refractivity contribution is -0.203. The fourth-order valence-corrected chi connectivity index (χ4v) is 1.37. The monoisotopic (exact) mass is 203 g/mol. The molecule has 4 nitrogen and oxygen atoms in total. The van der Waals surface area contributed by atoms with Crippen LogP contribution in [0.25, 0.3) is 0 Å². The van der Waals surface area contributed by atoms with E-state index in [2.05, 4.69) is 12.2 Å². The molecule has 1 aliphatic rings. The van der Waals surface area contributed by atoms with Gasteiger partial charge in [0.05, 0.1) is 25.4 Å². The van der Waals surface area contributed by atoms with Crippen LogP contribution in [0.1, 0.15) is 27.2 Å². The summed E-state index contributed by atoms with van der Waals surface area (Å²) in [5.74, 6) is -0.580. The molecule has 2 unspecified atom stereocenters. The molecule has 84 valence electrons. The summed E-state index contributed by atoms with van der Waals surface area (Å²) in [6.45, 7) is 7.54. The Morgan fingerprint density at radius 2 is 2.00 bits per heavy atom. The van der Waals surface area contributed by atoms with Crippen LogP contribution in [0.15, 0.2) is 0 Å². The predicted molar refractivity (Wildman–Crippen MR) is 54.1 cm³/mol. The molecule has 4 heteroatoms. The molecule has 2 N–H and O–H groups in total. The van der Waals surface area contributed by atoms with Gasteiger partial charge >= 0.3 is 0 Å². The molecule has 14 heavy (non-hydrogen) atoms. The van der Waals surface area contributed by atoms with E-state index >= 15 is 0 Å². The lowest BCUT2D eigenvalue weighted by atomic mass is 10.2. The van der Waals surface area contributed by atoms with Crippen molar-refractivity contribution in [1.82, 2.24) is 5.32 Å². The molecule has 0 spiro atoms. The third kappa shape index (κ3) is 3.53. The van der Waals surface area contributed by atoms with Gasteiger partial charge < -0.3 is 19.9 Å². The van der Waals surface area contributed by atoms with Crippen LogP contribution in [0.5, 0.6) is 0 Å². The third-order valence-corrected chi connectivity index (χ3v) is 2.33. The second-order valence-corrected chi connectivity index (χ2v) is 4.15. The van der Waals surface area contributed by atoms with Gasteiger partial charge in [-0.25, -0.2) is 0 Å². The van der Waals surface area contributed by atoms with Crippen molar-refractivity contribution in [2.75, 3.05) is 19.8 Å². The zero-order valence-corrected chi connectivity index (χ0v) is 9.25. The van der Waals surface area contributed by atoms with E-state index < -0.39 is 11.9 Å². The highest BCUT2D eigenvalue weighted by molar-refractivity contribution is 4.79. The van der Waals surface area contributed by atoms with Crippen molar-refractivity contribution in [3.63, 3.8) is 0 Å². The van der Waals surface area contributed by atoms with Gasteiger partial charge in [0.2, 0.25) is 0 Å². The van der Waals surface area contributed by atoms with Crippen LogP contribution < -0.4 is 5.32 Å². The summed E-state index contributed by atoms with van der Waals surface area (Å²) in [6.07, 6.45) is 0.566. The number of hydrogen-bond acceptors (Lipinski definition) is 4. The number of hydrogen-bond donors (Lipinski definition) is 2. The summed E-state index contributed by atoms with van der Waals surface area (Å²) in [6, 6.07) is -0.0169. The van der Waals surface area contributed by atoms with Gasteiger partial charge in [-0.1, -0.05) is 6.92 Å². The molecule has 0 bridgehead atoms. The van der Waals surface area contributed by atoms with Crippen molar-refractivity contribution < 1.29 is 14.6 Å². The minimum atomic E-state index is -0.580. The van der Waals surface area contributed by atoms with E-state index in [0.717, 1.165) is 13.0 Å². The standard InChI is InChI=1S/C10H21NO3/c1-4-5-11-8-6-13-10(2,3)14-7-9(8)12/h8-9,11-12H,4-7H2,1-3H3. The van der Waals surface area contributed by atoms with E-state index in [0.29, 0.717) is 13.2 Å². The molecule has 1 heterocycles. The number of ether oxygens (including phenoxy) is 2. The Bertz CT molecular complexity index is 173. The summed E-state index contributed by atoms with van der Waals surface area (Å²) in [7, 11) is 0. The first kappa shape index (κ1) is 11.9. The van der Waals surface area contributed by atoms with Crippen molar-refractivity contribution in [2.24, 2.45) is 0 Å². The Balaban J connectivity index is 2.43. The van der Waals surface area contributed by atoms with Gasteiger partial charge in [0, 0.05) is 0 Å². The summed E-state index contributed by atoms with van der Waals surface area (Å²) < 4.78 is 10.9. The molecule has 2 atom stereocenters. The highest BCUT2D eigenvalue weighted by Gasteiger charge is 2.30. The molecule has 1 fully saturated rings. The molecule has 0 saturated carbocycles. The smallest absolute Gasteiger partial charge is 0.162 e. The van der Waals surface area contributed by atoms with Crippen LogP contribution in [-0.4, -0.2) is 42.8 Å². The van der Waals surface area contributed by atoms with Crippen molar-refractivity contribution in [1.29, 1.82) is 0 Å². The molecule has 0 aromatic rings. The van der Waals surface area contributed by atoms with E-state index in [4.69, 9.17) is 9.47 Å². The maximum absolute atomic E-state index is 9.74. The Hall–Kier alpha value is -0.160. The number of aliphatic hydroxyl groups is 1. The summed E-state index contributed by atoms with van der Waals surface area (Å²) in [5.41, 5.74) is 0. The van der Waals surface area contributed by atoms with E-state index in [1.54, 1.807) is 0 Å². The van der Waals surface area contributed by atoms with Crippen molar-refractivity contribution in [2.45, 2.75) is 45.1 Å². The lowest BCUT2D eigenvalue weighted by Gasteiger charge is -2.22. The van der Waals surface area contributed by atoms with Crippen LogP contribution in [-0.2, 0) is 9.47 Å². The molecular formula is C10H21NO3. The molecule has 0 radical (unpaired) electrons. The van der Waals surface area contributed by atoms with Gasteiger partial charge in [-0.05, 0) is 26.8 Å². The molecular weight excluding hydrogens is 182 g/mol. The van der Waals surface area contributed by atoms with Crippen LogP contribution in [0, 0.1) is 0 Å². The van der Waals surface area contributed by atoms with Gasteiger partial charge in [0.15, 0.2) is 5.79 Å². The molecule has 0 amide bonds. The van der Waals surface area contributed by atoms with Crippen molar-refractivity contribution in [3.8, 4) is 0 Å². The van der Waals surface area contributed by atoms with Crippen LogP contribution in [0.4, 0.5) is 0 Å². The SMILES string of the molecule is CCCNC1COC(C)(C)OCC1O. The minimum Gasteiger partial charge on any atom is -0.389 e. The Kier molecular flexibility index (Phi) is 4.31. The lowest BCUT2D eigenvalue weighted by Crippen LogP contribution is -2.44. The number of nitrogens with one attached hydrogen (secondary N) is 1. The highest BCUT2D eigenvalue weighted by Crippen LogP contribution is 2.17. The predicted octanol–water partition coefficient (Wildman–Crippen LogP) is 0.498. The zero-order valence-electron chi connectivity index (χ0n) is 9.25. The van der Waals surface area contributed by atoms with Gasteiger partial charge in [-0.2, -0.15) is 0 Å². The Labute approximate surface area is 85.6 Å². The quantitative estimate of drug-likeness (QED) is 0.701. The zero-order chi connectivity index (χ0) is 10.6. The molecule has 0 aliphatic carbocycles. The van der Waals surface area contributed by atoms with Gasteiger partial charge in [0.1, 0.15) is 0 Å². The van der Waals surface area contributed by atoms with Gasteiger partial charge in [0.25, 0.3) is 0 Å². The molecule has 1 saturated heterocycles. The number of rotatable bonds is 3. The van der Waals surface area contributed by atoms with Crippen molar-refractivity contribution >= 4 is 0 Å². The van der Waals surface area contributed by atoms with Crippen LogP contribution in [0.3, 0.4) is 0 Å². The summed E-state index contributed by atoms with van der Waals surface area (Å²) >= 11 is 0. The second-order valence-electron chi connectivity index (χ2n) is 4.15. The Morgan fingerprint density at radius 1 is 1.36 bits per heavy atom. The summed E-state index contributed by atoms with van der Waals surface area (Å²) in [5, 5.41) is 13.0. The molecule has 0 aromatic carbocycles. The van der Waals surface area contributed by atoms with E-state index in [9.17, 15) is 5.11 Å². The normalized spacial score (nSPS) is 32.6. The topological polar surface area (TPSA) is 50.7 Å². The fraction of sp³-hybridized carbons (Fsp3) is 1.00. The van der Waals surface area contributed by atoms with Crippen molar-refractivity contribution in [3.05, 3.63) is 0 Å². The molecule has 1 rings (SSSR count). The first-order chi connectivity index (χ1) is 6.55. The maximum Gasteiger partial charge on any atom is 0.162 e. The Morgan fingerprint density at radius 3 is 2.64 bits per heavy atom. The van der Waals surface area contributed by atoms with E-state index in [1.807, 2.05) is 13.8 Å². The largest absolute Gasteiger partial charge is 0.389 e. The van der Waals surface area contributed by atoms with Gasteiger partial charge in [-0.15, -0.1) is 0 Å². The average Bonchev–Trinajstić information content (AvgIpc) is 2.25. The molecule has 0 aromatic heterocycles. The fourth-order valence-electron chi connectivity index (χ4n) is 1.37. The number of aliphatic hydroxyl groups excluding tert-OH is 1. The van der Waals surface area contributed by atoms with Gasteiger partial charge in [-0.3, -0.25) is 0 Å². The first-order valence-corrected chi connectivity index (χ1v) is 5.24. The van der Waals surface area contributed by atoms with E-state index in [1.165, 1.54) is 0 Å². The van der Waals surface area contributed by atoms with Crippen LogP contribution >= 0.6 is 0 Å². The molecule has 1 aliphatic heterocycles. The van der Waals surface area contributed by atoms with E-state index in [-0.39, 0.29) is 6.04 Å². The second kappa shape index (κ2) is 5.07. The summed E-state index contributed by atoms with van der Waals surface area (Å²) in [4.78, 5) is 0. The average molecular weight is 203 g/mol. The van der Waals surface area contributed by atoms with Crippen LogP contribution in [0.2, 0.25) is 0 Å². The third-order valence-electron chi connectivity index (χ3n) is 2.33. The highest BCUT2D eigenvalue weighted by atomic mass is 16.7. The minimum absolute atomic E-state index is 0.0169. The maximum atomic E-state index is 9.74.